The number of aryl methyl sites for hydroxylation is 1. The Morgan fingerprint density at radius 1 is 1.24 bits per heavy atom. The van der Waals surface area contributed by atoms with Crippen LogP contribution in [0.4, 0.5) is 0 Å². The number of imidazole rings is 1. The van der Waals surface area contributed by atoms with Gasteiger partial charge in [-0.3, -0.25) is 0 Å². The van der Waals surface area contributed by atoms with E-state index in [2.05, 4.69) is 36.6 Å². The molecule has 21 heavy (non-hydrogen) atoms. The van der Waals surface area contributed by atoms with Gasteiger partial charge in [-0.05, 0) is 56.2 Å². The maximum Gasteiger partial charge on any atom is 0.125 e. The molecule has 0 saturated heterocycles. The molecule has 2 aromatic rings. The van der Waals surface area contributed by atoms with Crippen LogP contribution in [0.15, 0.2) is 18.2 Å². The van der Waals surface area contributed by atoms with E-state index in [4.69, 9.17) is 16.6 Å². The zero-order chi connectivity index (χ0) is 14.8. The summed E-state index contributed by atoms with van der Waals surface area (Å²) in [5.41, 5.74) is 3.65. The third-order valence-corrected chi connectivity index (χ3v) is 5.15. The van der Waals surface area contributed by atoms with Crippen molar-refractivity contribution in [2.45, 2.75) is 64.3 Å². The van der Waals surface area contributed by atoms with Crippen LogP contribution >= 0.6 is 11.6 Å². The summed E-state index contributed by atoms with van der Waals surface area (Å²) in [6.45, 7) is 4.44. The van der Waals surface area contributed by atoms with Crippen LogP contribution in [0.1, 0.15) is 62.9 Å². The molecule has 0 N–H and O–H groups in total. The highest BCUT2D eigenvalue weighted by molar-refractivity contribution is 6.16. The van der Waals surface area contributed by atoms with Gasteiger partial charge in [-0.2, -0.15) is 0 Å². The number of aromatic nitrogens is 2. The molecule has 2 nitrogen and oxygen atoms in total. The van der Waals surface area contributed by atoms with Crippen LogP contribution < -0.4 is 0 Å². The minimum Gasteiger partial charge on any atom is -0.324 e. The van der Waals surface area contributed by atoms with E-state index in [1.54, 1.807) is 0 Å². The Balaban J connectivity index is 1.91. The van der Waals surface area contributed by atoms with Crippen LogP contribution in [0.5, 0.6) is 0 Å². The highest BCUT2D eigenvalue weighted by Crippen LogP contribution is 2.37. The number of alkyl halides is 1. The molecule has 3 rings (SSSR count). The molecule has 1 fully saturated rings. The Morgan fingerprint density at radius 2 is 2.00 bits per heavy atom. The minimum absolute atomic E-state index is 0.503. The van der Waals surface area contributed by atoms with Crippen molar-refractivity contribution < 1.29 is 0 Å². The van der Waals surface area contributed by atoms with Gasteiger partial charge in [0.25, 0.3) is 0 Å². The van der Waals surface area contributed by atoms with E-state index >= 15 is 0 Å². The quantitative estimate of drug-likeness (QED) is 0.671. The van der Waals surface area contributed by atoms with E-state index in [-0.39, 0.29) is 0 Å². The van der Waals surface area contributed by atoms with Gasteiger partial charge in [0.1, 0.15) is 5.82 Å². The maximum atomic E-state index is 6.16. The Hall–Kier alpha value is -1.02. The molecule has 0 bridgehead atoms. The van der Waals surface area contributed by atoms with Crippen molar-refractivity contribution in [3.05, 3.63) is 29.6 Å². The summed E-state index contributed by atoms with van der Waals surface area (Å²) in [5, 5.41) is 0. The standard InChI is InChI=1S/C18H25ClN2/c1-3-4-14-6-8-15(9-7-14)21-17-11-13(2)5-10-16(17)20-18(21)12-19/h5,10-11,14-15H,3-4,6-9,12H2,1-2H3. The fourth-order valence-electron chi connectivity index (χ4n) is 3.85. The second-order valence-electron chi connectivity index (χ2n) is 6.49. The number of fused-ring (bicyclic) bond motifs is 1. The fourth-order valence-corrected chi connectivity index (χ4v) is 4.04. The van der Waals surface area contributed by atoms with Crippen LogP contribution in [-0.4, -0.2) is 9.55 Å². The summed E-state index contributed by atoms with van der Waals surface area (Å²) in [5.74, 6) is 2.47. The predicted octanol–water partition coefficient (Wildman–Crippen LogP) is 5.61. The van der Waals surface area contributed by atoms with Crippen molar-refractivity contribution in [3.63, 3.8) is 0 Å². The second-order valence-corrected chi connectivity index (χ2v) is 6.75. The zero-order valence-electron chi connectivity index (χ0n) is 13.1. The van der Waals surface area contributed by atoms with Crippen LogP contribution in [0, 0.1) is 12.8 Å². The third-order valence-electron chi connectivity index (χ3n) is 4.92. The van der Waals surface area contributed by atoms with E-state index in [0.717, 1.165) is 17.3 Å². The molecule has 1 heterocycles. The van der Waals surface area contributed by atoms with Gasteiger partial charge in [-0.25, -0.2) is 4.98 Å². The van der Waals surface area contributed by atoms with E-state index in [0.29, 0.717) is 11.9 Å². The van der Waals surface area contributed by atoms with Crippen LogP contribution in [0.25, 0.3) is 11.0 Å². The number of hydrogen-bond donors (Lipinski definition) is 0. The number of rotatable bonds is 4. The molecule has 0 atom stereocenters. The summed E-state index contributed by atoms with van der Waals surface area (Å²) in [6, 6.07) is 7.10. The number of nitrogens with zero attached hydrogens (tertiary/aromatic N) is 2. The molecule has 1 aromatic heterocycles. The minimum atomic E-state index is 0.503. The molecule has 1 aromatic carbocycles. The lowest BCUT2D eigenvalue weighted by Crippen LogP contribution is -2.19. The van der Waals surface area contributed by atoms with Crippen LogP contribution in [0.2, 0.25) is 0 Å². The van der Waals surface area contributed by atoms with Crippen LogP contribution in [0.3, 0.4) is 0 Å². The van der Waals surface area contributed by atoms with Gasteiger partial charge in [0.05, 0.1) is 16.9 Å². The van der Waals surface area contributed by atoms with Crippen molar-refractivity contribution in [1.82, 2.24) is 9.55 Å². The highest BCUT2D eigenvalue weighted by atomic mass is 35.5. The summed E-state index contributed by atoms with van der Waals surface area (Å²) in [7, 11) is 0. The third kappa shape index (κ3) is 2.96. The summed E-state index contributed by atoms with van der Waals surface area (Å²) >= 11 is 6.16. The lowest BCUT2D eigenvalue weighted by Gasteiger charge is -2.30. The molecule has 0 radical (unpaired) electrons. The van der Waals surface area contributed by atoms with Crippen LogP contribution in [-0.2, 0) is 5.88 Å². The van der Waals surface area contributed by atoms with E-state index in [1.807, 2.05) is 0 Å². The first-order valence-corrected chi connectivity index (χ1v) is 8.79. The summed E-state index contributed by atoms with van der Waals surface area (Å²) in [6.07, 6.45) is 7.95. The first-order valence-electron chi connectivity index (χ1n) is 8.26. The molecule has 1 aliphatic rings. The normalized spacial score (nSPS) is 22.8. The maximum absolute atomic E-state index is 6.16. The Labute approximate surface area is 132 Å². The van der Waals surface area contributed by atoms with Gasteiger partial charge in [0.2, 0.25) is 0 Å². The van der Waals surface area contributed by atoms with Gasteiger partial charge in [0.15, 0.2) is 0 Å². The molecular formula is C18H25ClN2. The molecule has 0 amide bonds. The van der Waals surface area contributed by atoms with Gasteiger partial charge >= 0.3 is 0 Å². The van der Waals surface area contributed by atoms with Crippen molar-refractivity contribution >= 4 is 22.6 Å². The second kappa shape index (κ2) is 6.39. The number of benzene rings is 1. The van der Waals surface area contributed by atoms with E-state index in [1.165, 1.54) is 49.6 Å². The predicted molar refractivity (Wildman–Crippen MR) is 89.9 cm³/mol. The smallest absolute Gasteiger partial charge is 0.125 e. The molecular weight excluding hydrogens is 280 g/mol. The average molecular weight is 305 g/mol. The Bertz CT molecular complexity index is 609. The largest absolute Gasteiger partial charge is 0.324 e. The monoisotopic (exact) mass is 304 g/mol. The number of hydrogen-bond acceptors (Lipinski definition) is 1. The molecule has 0 unspecified atom stereocenters. The molecule has 0 aliphatic heterocycles. The molecule has 3 heteroatoms. The Morgan fingerprint density at radius 3 is 2.67 bits per heavy atom. The average Bonchev–Trinajstić information content (AvgIpc) is 2.86. The van der Waals surface area contributed by atoms with Gasteiger partial charge in [-0.15, -0.1) is 11.6 Å². The topological polar surface area (TPSA) is 17.8 Å². The molecule has 1 saturated carbocycles. The lowest BCUT2D eigenvalue weighted by molar-refractivity contribution is 0.263. The zero-order valence-corrected chi connectivity index (χ0v) is 13.9. The summed E-state index contributed by atoms with van der Waals surface area (Å²) in [4.78, 5) is 4.73. The van der Waals surface area contributed by atoms with Gasteiger partial charge in [0, 0.05) is 6.04 Å². The molecule has 114 valence electrons. The fraction of sp³-hybridized carbons (Fsp3) is 0.611. The van der Waals surface area contributed by atoms with Crippen molar-refractivity contribution in [1.29, 1.82) is 0 Å². The van der Waals surface area contributed by atoms with Crippen molar-refractivity contribution in [3.8, 4) is 0 Å². The van der Waals surface area contributed by atoms with Gasteiger partial charge < -0.3 is 4.57 Å². The first-order chi connectivity index (χ1) is 10.2. The van der Waals surface area contributed by atoms with E-state index < -0.39 is 0 Å². The Kier molecular flexibility index (Phi) is 4.54. The van der Waals surface area contributed by atoms with Gasteiger partial charge in [-0.1, -0.05) is 25.8 Å². The van der Waals surface area contributed by atoms with Crippen molar-refractivity contribution in [2.24, 2.45) is 5.92 Å². The SMILES string of the molecule is CCCC1CCC(n2c(CCl)nc3ccc(C)cc32)CC1. The summed E-state index contributed by atoms with van der Waals surface area (Å²) < 4.78 is 2.43. The lowest BCUT2D eigenvalue weighted by atomic mass is 9.83. The molecule has 1 aliphatic carbocycles. The molecule has 0 spiro atoms. The van der Waals surface area contributed by atoms with Crippen molar-refractivity contribution in [2.75, 3.05) is 0 Å². The van der Waals surface area contributed by atoms with E-state index in [9.17, 15) is 0 Å². The number of halogens is 1. The highest BCUT2D eigenvalue weighted by Gasteiger charge is 2.25. The first kappa shape index (κ1) is 14.9.